The van der Waals surface area contributed by atoms with Gasteiger partial charge in [0.05, 0.1) is 12.2 Å². The van der Waals surface area contributed by atoms with Crippen molar-refractivity contribution in [1.29, 1.82) is 0 Å². The number of aromatic nitrogens is 2. The molecule has 0 saturated carbocycles. The zero-order valence-corrected chi connectivity index (χ0v) is 14.7. The second-order valence-electron chi connectivity index (χ2n) is 7.08. The van der Waals surface area contributed by atoms with Gasteiger partial charge in [-0.1, -0.05) is 20.4 Å². The van der Waals surface area contributed by atoms with Crippen molar-refractivity contribution < 1.29 is 4.74 Å². The van der Waals surface area contributed by atoms with Crippen LogP contribution in [0.2, 0.25) is 0 Å². The molecule has 2 aromatic rings. The van der Waals surface area contributed by atoms with Crippen LogP contribution in [0.5, 0.6) is 0 Å². The average Bonchev–Trinajstić information content (AvgIpc) is 2.54. The van der Waals surface area contributed by atoms with Gasteiger partial charge in [-0.25, -0.2) is 4.98 Å². The van der Waals surface area contributed by atoms with E-state index in [0.717, 1.165) is 37.3 Å². The number of nitrogens with zero attached hydrogens (tertiary/aromatic N) is 3. The Labute approximate surface area is 142 Å². The molecule has 0 spiro atoms. The van der Waals surface area contributed by atoms with Crippen molar-refractivity contribution in [2.45, 2.75) is 33.6 Å². The lowest BCUT2D eigenvalue weighted by Crippen LogP contribution is -2.38. The summed E-state index contributed by atoms with van der Waals surface area (Å²) < 4.78 is 7.08. The molecule has 0 N–H and O–H groups in total. The van der Waals surface area contributed by atoms with Crippen molar-refractivity contribution >= 4 is 17.2 Å². The molecule has 0 amide bonds. The van der Waals surface area contributed by atoms with Crippen LogP contribution in [0.15, 0.2) is 35.8 Å². The molecule has 0 radical (unpaired) electrons. The lowest BCUT2D eigenvalue weighted by Gasteiger charge is -2.37. The van der Waals surface area contributed by atoms with E-state index in [2.05, 4.69) is 25.3 Å². The van der Waals surface area contributed by atoms with Crippen LogP contribution in [-0.2, 0) is 4.74 Å². The first-order valence-electron chi connectivity index (χ1n) is 8.51. The minimum atomic E-state index is -0.0778. The largest absolute Gasteiger partial charge is 0.494 e. The van der Waals surface area contributed by atoms with Crippen molar-refractivity contribution in [2.24, 2.45) is 5.41 Å². The zero-order valence-electron chi connectivity index (χ0n) is 14.7. The molecule has 1 fully saturated rings. The van der Waals surface area contributed by atoms with Gasteiger partial charge in [0.1, 0.15) is 11.6 Å². The standard InChI is InChI=1S/C19H25N3O2/c1-5-24-14(2)15-7-6-10-22-17(23)13-16(20-18(15)22)21-11-8-19(3,4)9-12-21/h6-7,10,13H,2,5,8-9,11-12H2,1,3-4H3. The van der Waals surface area contributed by atoms with Crippen LogP contribution in [0, 0.1) is 5.41 Å². The molecule has 0 aliphatic carbocycles. The summed E-state index contributed by atoms with van der Waals surface area (Å²) in [5.41, 5.74) is 1.64. The summed E-state index contributed by atoms with van der Waals surface area (Å²) in [5, 5.41) is 0. The lowest BCUT2D eigenvalue weighted by molar-refractivity contribution is 0.279. The topological polar surface area (TPSA) is 46.8 Å². The summed E-state index contributed by atoms with van der Waals surface area (Å²) in [6.45, 7) is 12.8. The molecule has 5 nitrogen and oxygen atoms in total. The van der Waals surface area contributed by atoms with E-state index in [-0.39, 0.29) is 5.56 Å². The monoisotopic (exact) mass is 327 g/mol. The number of piperidine rings is 1. The van der Waals surface area contributed by atoms with Crippen molar-refractivity contribution in [2.75, 3.05) is 24.6 Å². The molecule has 1 aliphatic rings. The Hall–Kier alpha value is -2.30. The average molecular weight is 327 g/mol. The van der Waals surface area contributed by atoms with E-state index in [1.165, 1.54) is 0 Å². The Kier molecular flexibility index (Phi) is 4.35. The van der Waals surface area contributed by atoms with Crippen LogP contribution >= 0.6 is 0 Å². The molecule has 1 saturated heterocycles. The lowest BCUT2D eigenvalue weighted by atomic mass is 9.83. The summed E-state index contributed by atoms with van der Waals surface area (Å²) in [5.74, 6) is 1.28. The third kappa shape index (κ3) is 3.16. The third-order valence-corrected chi connectivity index (χ3v) is 4.74. The van der Waals surface area contributed by atoms with E-state index in [1.54, 1.807) is 16.7 Å². The second-order valence-corrected chi connectivity index (χ2v) is 7.08. The van der Waals surface area contributed by atoms with Gasteiger partial charge in [-0.15, -0.1) is 0 Å². The highest BCUT2D eigenvalue weighted by molar-refractivity contribution is 5.71. The molecule has 2 aromatic heterocycles. The van der Waals surface area contributed by atoms with Gasteiger partial charge >= 0.3 is 0 Å². The molecule has 3 heterocycles. The predicted molar refractivity (Wildman–Crippen MR) is 97.4 cm³/mol. The maximum absolute atomic E-state index is 12.5. The number of ether oxygens (including phenoxy) is 1. The van der Waals surface area contributed by atoms with Crippen molar-refractivity contribution in [3.8, 4) is 0 Å². The fourth-order valence-electron chi connectivity index (χ4n) is 3.09. The molecular weight excluding hydrogens is 302 g/mol. The van der Waals surface area contributed by atoms with Crippen molar-refractivity contribution in [3.05, 3.63) is 46.9 Å². The van der Waals surface area contributed by atoms with E-state index >= 15 is 0 Å². The predicted octanol–water partition coefficient (Wildman–Crippen LogP) is 3.33. The van der Waals surface area contributed by atoms with Crippen LogP contribution in [-0.4, -0.2) is 29.1 Å². The normalized spacial score (nSPS) is 17.0. The molecule has 1 aliphatic heterocycles. The fourth-order valence-corrected chi connectivity index (χ4v) is 3.09. The van der Waals surface area contributed by atoms with Gasteiger partial charge in [0.25, 0.3) is 5.56 Å². The highest BCUT2D eigenvalue weighted by Crippen LogP contribution is 2.31. The summed E-state index contributed by atoms with van der Waals surface area (Å²) >= 11 is 0. The minimum Gasteiger partial charge on any atom is -0.494 e. The van der Waals surface area contributed by atoms with Crippen LogP contribution in [0.4, 0.5) is 5.82 Å². The number of hydrogen-bond donors (Lipinski definition) is 0. The van der Waals surface area contributed by atoms with Gasteiger partial charge in [0.2, 0.25) is 0 Å². The first-order valence-corrected chi connectivity index (χ1v) is 8.51. The van der Waals surface area contributed by atoms with Crippen molar-refractivity contribution in [3.63, 3.8) is 0 Å². The van der Waals surface area contributed by atoms with E-state index < -0.39 is 0 Å². The SMILES string of the molecule is C=C(OCC)c1cccn2c(=O)cc(N3CCC(C)(C)CC3)nc12. The highest BCUT2D eigenvalue weighted by atomic mass is 16.5. The maximum Gasteiger partial charge on any atom is 0.259 e. The Morgan fingerprint density at radius 1 is 1.38 bits per heavy atom. The van der Waals surface area contributed by atoms with Gasteiger partial charge in [-0.05, 0) is 37.3 Å². The number of hydrogen-bond acceptors (Lipinski definition) is 4. The third-order valence-electron chi connectivity index (χ3n) is 4.74. The molecule has 0 aromatic carbocycles. The molecule has 128 valence electrons. The zero-order chi connectivity index (χ0) is 17.3. The Balaban J connectivity index is 2.04. The Morgan fingerprint density at radius 3 is 2.75 bits per heavy atom. The number of anilines is 1. The summed E-state index contributed by atoms with van der Waals surface area (Å²) in [6, 6.07) is 5.33. The van der Waals surface area contributed by atoms with Gasteiger partial charge in [-0.3, -0.25) is 9.20 Å². The van der Waals surface area contributed by atoms with Crippen LogP contribution in [0.1, 0.15) is 39.2 Å². The number of pyridine rings is 1. The summed E-state index contributed by atoms with van der Waals surface area (Å²) in [7, 11) is 0. The van der Waals surface area contributed by atoms with E-state index in [1.807, 2.05) is 19.1 Å². The molecule has 0 atom stereocenters. The van der Waals surface area contributed by atoms with Crippen LogP contribution in [0.25, 0.3) is 11.4 Å². The second kappa shape index (κ2) is 6.30. The maximum atomic E-state index is 12.5. The fraction of sp³-hybridized carbons (Fsp3) is 0.474. The number of rotatable bonds is 4. The van der Waals surface area contributed by atoms with Crippen LogP contribution < -0.4 is 10.5 Å². The minimum absolute atomic E-state index is 0.0778. The Morgan fingerprint density at radius 2 is 2.08 bits per heavy atom. The summed E-state index contributed by atoms with van der Waals surface area (Å²) in [4.78, 5) is 19.5. The van der Waals surface area contributed by atoms with Gasteiger partial charge in [-0.2, -0.15) is 0 Å². The molecule has 3 rings (SSSR count). The molecule has 0 bridgehead atoms. The van der Waals surface area contributed by atoms with Gasteiger partial charge in [0.15, 0.2) is 5.65 Å². The van der Waals surface area contributed by atoms with Crippen LogP contribution in [0.3, 0.4) is 0 Å². The van der Waals surface area contributed by atoms with Gasteiger partial charge in [0, 0.05) is 25.4 Å². The molecule has 24 heavy (non-hydrogen) atoms. The summed E-state index contributed by atoms with van der Waals surface area (Å²) in [6.07, 6.45) is 3.93. The van der Waals surface area contributed by atoms with Crippen molar-refractivity contribution in [1.82, 2.24) is 9.38 Å². The first-order chi connectivity index (χ1) is 11.4. The van der Waals surface area contributed by atoms with Gasteiger partial charge < -0.3 is 9.64 Å². The Bertz CT molecular complexity index is 813. The quantitative estimate of drug-likeness (QED) is 0.808. The van der Waals surface area contributed by atoms with E-state index in [4.69, 9.17) is 9.72 Å². The highest BCUT2D eigenvalue weighted by Gasteiger charge is 2.26. The smallest absolute Gasteiger partial charge is 0.259 e. The molecule has 0 unspecified atom stereocenters. The molecule has 5 heteroatoms. The number of fused-ring (bicyclic) bond motifs is 1. The van der Waals surface area contributed by atoms with E-state index in [9.17, 15) is 4.79 Å². The first kappa shape index (κ1) is 16.6. The van der Waals surface area contributed by atoms with E-state index in [0.29, 0.717) is 23.4 Å². The molecular formula is C19H25N3O2.